The van der Waals surface area contributed by atoms with Gasteiger partial charge in [0.25, 0.3) is 0 Å². The van der Waals surface area contributed by atoms with Gasteiger partial charge in [0.2, 0.25) is 0 Å². The fraction of sp³-hybridized carbons (Fsp3) is 1.00. The molecule has 0 aromatic carbocycles. The molecule has 1 N–H and O–H groups in total. The smallest absolute Gasteiger partial charge is 0.0693 e. The summed E-state index contributed by atoms with van der Waals surface area (Å²) in [6, 6.07) is 0.679. The summed E-state index contributed by atoms with van der Waals surface area (Å²) in [6.07, 6.45) is 13.8. The van der Waals surface area contributed by atoms with Gasteiger partial charge in [0.15, 0.2) is 0 Å². The van der Waals surface area contributed by atoms with E-state index in [0.29, 0.717) is 6.04 Å². The van der Waals surface area contributed by atoms with Crippen molar-refractivity contribution in [3.8, 4) is 0 Å². The van der Waals surface area contributed by atoms with Crippen LogP contribution in [0.4, 0.5) is 0 Å². The van der Waals surface area contributed by atoms with Crippen molar-refractivity contribution in [1.82, 2.24) is 5.32 Å². The summed E-state index contributed by atoms with van der Waals surface area (Å²) >= 11 is 0. The Morgan fingerprint density at radius 1 is 1.17 bits per heavy atom. The van der Waals surface area contributed by atoms with Gasteiger partial charge < -0.3 is 10.1 Å². The summed E-state index contributed by atoms with van der Waals surface area (Å²) < 4.78 is 5.80. The highest BCUT2D eigenvalue weighted by atomic mass is 16.5. The standard InChI is InChI=1S/C16H31NO/c1-3-17-15(12-14-8-5-4-6-9-14)13-16(18-2)10-7-11-16/h14-15,17H,3-13H2,1-2H3. The fourth-order valence-corrected chi connectivity index (χ4v) is 3.86. The highest BCUT2D eigenvalue weighted by Gasteiger charge is 2.39. The molecule has 2 aliphatic carbocycles. The maximum absolute atomic E-state index is 5.80. The monoisotopic (exact) mass is 253 g/mol. The first-order chi connectivity index (χ1) is 8.78. The van der Waals surface area contributed by atoms with Crippen molar-refractivity contribution in [1.29, 1.82) is 0 Å². The third-order valence-electron chi connectivity index (χ3n) is 5.15. The van der Waals surface area contributed by atoms with Gasteiger partial charge in [-0.1, -0.05) is 39.0 Å². The van der Waals surface area contributed by atoms with Crippen LogP contribution in [0.3, 0.4) is 0 Å². The topological polar surface area (TPSA) is 21.3 Å². The summed E-state index contributed by atoms with van der Waals surface area (Å²) in [4.78, 5) is 0. The fourth-order valence-electron chi connectivity index (χ4n) is 3.86. The third-order valence-corrected chi connectivity index (χ3v) is 5.15. The van der Waals surface area contributed by atoms with E-state index in [1.807, 2.05) is 7.11 Å². The van der Waals surface area contributed by atoms with Crippen LogP contribution in [0.1, 0.15) is 71.1 Å². The van der Waals surface area contributed by atoms with Gasteiger partial charge in [-0.05, 0) is 44.6 Å². The van der Waals surface area contributed by atoms with Crippen molar-refractivity contribution >= 4 is 0 Å². The second kappa shape index (κ2) is 6.91. The van der Waals surface area contributed by atoms with Crippen molar-refractivity contribution in [2.75, 3.05) is 13.7 Å². The molecule has 0 aromatic rings. The molecule has 2 aliphatic rings. The molecule has 2 fully saturated rings. The van der Waals surface area contributed by atoms with E-state index in [2.05, 4.69) is 12.2 Å². The van der Waals surface area contributed by atoms with Gasteiger partial charge in [0.05, 0.1) is 5.60 Å². The zero-order valence-electron chi connectivity index (χ0n) is 12.3. The first-order valence-corrected chi connectivity index (χ1v) is 8.06. The molecule has 1 unspecified atom stereocenters. The third kappa shape index (κ3) is 3.71. The highest BCUT2D eigenvalue weighted by molar-refractivity contribution is 4.93. The molecule has 0 radical (unpaired) electrons. The van der Waals surface area contributed by atoms with Gasteiger partial charge in [-0.2, -0.15) is 0 Å². The van der Waals surface area contributed by atoms with Gasteiger partial charge >= 0.3 is 0 Å². The molecule has 0 heterocycles. The second-order valence-corrected chi connectivity index (χ2v) is 6.44. The lowest BCUT2D eigenvalue weighted by Gasteiger charge is -2.43. The van der Waals surface area contributed by atoms with Crippen LogP contribution >= 0.6 is 0 Å². The highest BCUT2D eigenvalue weighted by Crippen LogP contribution is 2.40. The molecule has 0 amide bonds. The molecule has 2 rings (SSSR count). The quantitative estimate of drug-likeness (QED) is 0.743. The predicted molar refractivity (Wildman–Crippen MR) is 76.9 cm³/mol. The van der Waals surface area contributed by atoms with Gasteiger partial charge in [0.1, 0.15) is 0 Å². The summed E-state index contributed by atoms with van der Waals surface area (Å²) in [5, 5.41) is 3.71. The SMILES string of the molecule is CCNC(CC1CCCCC1)CC1(OC)CCC1. The van der Waals surface area contributed by atoms with Crippen molar-refractivity contribution in [3.63, 3.8) is 0 Å². The molecular formula is C16H31NO. The molecule has 0 saturated heterocycles. The van der Waals surface area contributed by atoms with Crippen molar-refractivity contribution in [2.24, 2.45) is 5.92 Å². The van der Waals surface area contributed by atoms with E-state index in [1.54, 1.807) is 0 Å². The van der Waals surface area contributed by atoms with Gasteiger partial charge in [-0.25, -0.2) is 0 Å². The van der Waals surface area contributed by atoms with E-state index in [0.717, 1.165) is 12.5 Å². The molecule has 2 saturated carbocycles. The van der Waals surface area contributed by atoms with Crippen molar-refractivity contribution in [3.05, 3.63) is 0 Å². The van der Waals surface area contributed by atoms with Gasteiger partial charge in [-0.3, -0.25) is 0 Å². The number of hydrogen-bond acceptors (Lipinski definition) is 2. The lowest BCUT2D eigenvalue weighted by atomic mass is 9.73. The number of nitrogens with one attached hydrogen (secondary N) is 1. The average Bonchev–Trinajstić information content (AvgIpc) is 2.35. The molecule has 0 spiro atoms. The summed E-state index contributed by atoms with van der Waals surface area (Å²) in [5.41, 5.74) is 0.224. The molecular weight excluding hydrogens is 222 g/mol. The normalized spacial score (nSPS) is 25.7. The van der Waals surface area contributed by atoms with Crippen molar-refractivity contribution < 1.29 is 4.74 Å². The lowest BCUT2D eigenvalue weighted by molar-refractivity contribution is -0.0847. The van der Waals surface area contributed by atoms with E-state index in [1.165, 1.54) is 64.2 Å². The van der Waals surface area contributed by atoms with Crippen LogP contribution in [0.5, 0.6) is 0 Å². The Bertz CT molecular complexity index is 226. The minimum Gasteiger partial charge on any atom is -0.378 e. The van der Waals surface area contributed by atoms with E-state index in [4.69, 9.17) is 4.74 Å². The first-order valence-electron chi connectivity index (χ1n) is 8.06. The number of methoxy groups -OCH3 is 1. The molecule has 0 bridgehead atoms. The van der Waals surface area contributed by atoms with E-state index in [9.17, 15) is 0 Å². The average molecular weight is 253 g/mol. The summed E-state index contributed by atoms with van der Waals surface area (Å²) in [6.45, 7) is 3.32. The predicted octanol–water partition coefficient (Wildman–Crippen LogP) is 3.89. The molecule has 1 atom stereocenters. The van der Waals surface area contributed by atoms with Crippen LogP contribution in [0.25, 0.3) is 0 Å². The Morgan fingerprint density at radius 2 is 1.89 bits per heavy atom. The Balaban J connectivity index is 1.82. The first kappa shape index (κ1) is 14.3. The summed E-state index contributed by atoms with van der Waals surface area (Å²) in [5.74, 6) is 0.969. The zero-order valence-corrected chi connectivity index (χ0v) is 12.3. The Labute approximate surface area is 113 Å². The molecule has 106 valence electrons. The van der Waals surface area contributed by atoms with Gasteiger partial charge in [0, 0.05) is 13.2 Å². The molecule has 0 aliphatic heterocycles. The Morgan fingerprint density at radius 3 is 2.39 bits per heavy atom. The number of hydrogen-bond donors (Lipinski definition) is 1. The van der Waals surface area contributed by atoms with Crippen LogP contribution in [0.2, 0.25) is 0 Å². The van der Waals surface area contributed by atoms with E-state index < -0.39 is 0 Å². The minimum atomic E-state index is 0.224. The van der Waals surface area contributed by atoms with E-state index >= 15 is 0 Å². The summed E-state index contributed by atoms with van der Waals surface area (Å²) in [7, 11) is 1.91. The van der Waals surface area contributed by atoms with Gasteiger partial charge in [-0.15, -0.1) is 0 Å². The van der Waals surface area contributed by atoms with Crippen LogP contribution in [0.15, 0.2) is 0 Å². The molecule has 2 nitrogen and oxygen atoms in total. The maximum atomic E-state index is 5.80. The zero-order chi connectivity index (χ0) is 12.8. The Hall–Kier alpha value is -0.0800. The van der Waals surface area contributed by atoms with E-state index in [-0.39, 0.29) is 5.60 Å². The minimum absolute atomic E-state index is 0.224. The van der Waals surface area contributed by atoms with Crippen LogP contribution in [-0.2, 0) is 4.74 Å². The molecule has 18 heavy (non-hydrogen) atoms. The lowest BCUT2D eigenvalue weighted by Crippen LogP contribution is -2.46. The van der Waals surface area contributed by atoms with Crippen LogP contribution in [-0.4, -0.2) is 25.3 Å². The number of ether oxygens (including phenoxy) is 1. The largest absolute Gasteiger partial charge is 0.378 e. The van der Waals surface area contributed by atoms with Crippen molar-refractivity contribution in [2.45, 2.75) is 82.8 Å². The molecule has 2 heteroatoms. The van der Waals surface area contributed by atoms with Crippen LogP contribution < -0.4 is 5.32 Å². The van der Waals surface area contributed by atoms with Crippen LogP contribution in [0, 0.1) is 5.92 Å². The second-order valence-electron chi connectivity index (χ2n) is 6.44. The number of rotatable bonds is 7. The Kier molecular flexibility index (Phi) is 5.50. The molecule has 0 aromatic heterocycles. The maximum Gasteiger partial charge on any atom is 0.0693 e.